The topological polar surface area (TPSA) is 38.7 Å². The zero-order valence-corrected chi connectivity index (χ0v) is 26.2. The molecule has 3 nitrogen and oxygen atoms in total. The molecule has 1 N–H and O–H groups in total. The number of rotatable bonds is 6. The van der Waals surface area contributed by atoms with Crippen LogP contribution in [0.1, 0.15) is 72.1 Å². The fourth-order valence-corrected chi connectivity index (χ4v) is 7.88. The van der Waals surface area contributed by atoms with Gasteiger partial charge < -0.3 is 14.6 Å². The number of aliphatic hydroxyl groups excluding tert-OH is 1. The van der Waals surface area contributed by atoms with E-state index in [0.29, 0.717) is 5.75 Å². The summed E-state index contributed by atoms with van der Waals surface area (Å²) in [5.41, 5.74) is 2.79. The van der Waals surface area contributed by atoms with E-state index in [-0.39, 0.29) is 17.4 Å². The quantitative estimate of drug-likeness (QED) is 0.306. The van der Waals surface area contributed by atoms with Gasteiger partial charge in [-0.05, 0) is 67.1 Å². The minimum absolute atomic E-state index is 0.0459. The molecule has 0 saturated heterocycles. The predicted octanol–water partition coefficient (Wildman–Crippen LogP) is 8.87. The van der Waals surface area contributed by atoms with Crippen molar-refractivity contribution in [3.63, 3.8) is 0 Å². The molecule has 0 aromatic heterocycles. The van der Waals surface area contributed by atoms with Crippen LogP contribution in [-0.2, 0) is 15.6 Å². The number of ether oxygens (including phenoxy) is 2. The third kappa shape index (κ3) is 7.05. The van der Waals surface area contributed by atoms with Crippen molar-refractivity contribution in [2.75, 3.05) is 6.61 Å². The Labute approximate surface area is 226 Å². The van der Waals surface area contributed by atoms with Gasteiger partial charge >= 0.3 is 0 Å². The molecule has 1 atom stereocenters. The molecule has 0 spiro atoms. The van der Waals surface area contributed by atoms with Crippen LogP contribution in [0.15, 0.2) is 42.2 Å². The predicted molar refractivity (Wildman–Crippen MR) is 147 cm³/mol. The van der Waals surface area contributed by atoms with E-state index in [1.165, 1.54) is 5.56 Å². The third-order valence-electron chi connectivity index (χ3n) is 5.06. The second kappa shape index (κ2) is 10.4. The molecule has 2 aromatic carbocycles. The van der Waals surface area contributed by atoms with Crippen molar-refractivity contribution in [2.24, 2.45) is 0 Å². The average molecular weight is 700 g/mol. The molecule has 2 aromatic rings. The van der Waals surface area contributed by atoms with Crippen LogP contribution in [0.4, 0.5) is 0 Å². The summed E-state index contributed by atoms with van der Waals surface area (Å²) in [6.07, 6.45) is -1.00. The van der Waals surface area contributed by atoms with Gasteiger partial charge in [0.15, 0.2) is 6.29 Å². The zero-order valence-electron chi connectivity index (χ0n) is 19.9. The highest BCUT2D eigenvalue weighted by Gasteiger charge is 2.33. The van der Waals surface area contributed by atoms with Crippen LogP contribution < -0.4 is 4.74 Å². The summed E-state index contributed by atoms with van der Waals surface area (Å²) in [7, 11) is 0. The Bertz CT molecular complexity index is 926. The molecular formula is C25H32Br4O3. The largest absolute Gasteiger partial charge is 0.488 e. The molecular weight excluding hydrogens is 668 g/mol. The lowest BCUT2D eigenvalue weighted by atomic mass is 9.76. The Morgan fingerprint density at radius 2 is 1.16 bits per heavy atom. The molecule has 7 heteroatoms. The van der Waals surface area contributed by atoms with E-state index in [9.17, 15) is 5.11 Å². The molecule has 32 heavy (non-hydrogen) atoms. The van der Waals surface area contributed by atoms with Gasteiger partial charge in [-0.2, -0.15) is 0 Å². The van der Waals surface area contributed by atoms with Gasteiger partial charge in [0.1, 0.15) is 12.4 Å². The molecule has 0 heterocycles. The summed E-state index contributed by atoms with van der Waals surface area (Å²) in [4.78, 5) is 0. The first kappa shape index (κ1) is 28.3. The maximum Gasteiger partial charge on any atom is 0.189 e. The van der Waals surface area contributed by atoms with Gasteiger partial charge in [0.2, 0.25) is 0 Å². The lowest BCUT2D eigenvalue weighted by Gasteiger charge is -2.32. The molecule has 0 aliphatic carbocycles. The van der Waals surface area contributed by atoms with E-state index in [4.69, 9.17) is 9.47 Å². The number of halogens is 4. The molecule has 1 unspecified atom stereocenters. The number of benzene rings is 2. The van der Waals surface area contributed by atoms with E-state index in [0.717, 1.165) is 29.0 Å². The lowest BCUT2D eigenvalue weighted by molar-refractivity contribution is -0.178. The Kier molecular flexibility index (Phi) is 9.18. The standard InChI is InChI=1S/C25H32Br4O3/c1-23(2,3)14-9-16(26)21(17(27)10-14)25(7,8)22-18(28)11-15(12-19(22)29)31-13-20(30)32-24(4,5)6/h9-12,20,30H,13H2,1-8H3. The van der Waals surface area contributed by atoms with Gasteiger partial charge in [-0.3, -0.25) is 0 Å². The smallest absolute Gasteiger partial charge is 0.189 e. The average Bonchev–Trinajstić information content (AvgIpc) is 2.55. The molecule has 178 valence electrons. The Balaban J connectivity index is 2.39. The second-order valence-electron chi connectivity index (χ2n) is 10.4. The highest BCUT2D eigenvalue weighted by Crippen LogP contribution is 2.47. The molecule has 0 aliphatic heterocycles. The maximum atomic E-state index is 10.1. The minimum atomic E-state index is -1.00. The molecule has 2 rings (SSSR count). The first-order valence-corrected chi connectivity index (χ1v) is 13.6. The maximum absolute atomic E-state index is 10.1. The van der Waals surface area contributed by atoms with Crippen LogP contribution >= 0.6 is 63.7 Å². The summed E-state index contributed by atoms with van der Waals surface area (Å²) in [6.45, 7) is 16.7. The van der Waals surface area contributed by atoms with Crippen molar-refractivity contribution < 1.29 is 14.6 Å². The highest BCUT2D eigenvalue weighted by molar-refractivity contribution is 9.11. The van der Waals surface area contributed by atoms with Gasteiger partial charge in [-0.1, -0.05) is 98.3 Å². The van der Waals surface area contributed by atoms with E-state index < -0.39 is 11.9 Å². The van der Waals surface area contributed by atoms with Crippen LogP contribution in [0.3, 0.4) is 0 Å². The lowest BCUT2D eigenvalue weighted by Crippen LogP contribution is -2.31. The summed E-state index contributed by atoms with van der Waals surface area (Å²) < 4.78 is 15.3. The van der Waals surface area contributed by atoms with Crippen molar-refractivity contribution in [1.29, 1.82) is 0 Å². The third-order valence-corrected chi connectivity index (χ3v) is 7.56. The Hall–Kier alpha value is 0.0800. The summed E-state index contributed by atoms with van der Waals surface area (Å²) >= 11 is 15.1. The fraction of sp³-hybridized carbons (Fsp3) is 0.520. The second-order valence-corrected chi connectivity index (χ2v) is 13.9. The number of hydrogen-bond acceptors (Lipinski definition) is 3. The van der Waals surface area contributed by atoms with E-state index in [2.05, 4.69) is 110 Å². The van der Waals surface area contributed by atoms with Gasteiger partial charge in [-0.25, -0.2) is 0 Å². The number of hydrogen-bond donors (Lipinski definition) is 1. The van der Waals surface area contributed by atoms with E-state index in [1.54, 1.807) is 0 Å². The van der Waals surface area contributed by atoms with Crippen molar-refractivity contribution in [3.8, 4) is 5.75 Å². The SMILES string of the molecule is CC(C)(C)OC(O)COc1cc(Br)c(C(C)(C)c2c(Br)cc(C(C)(C)C)cc2Br)c(Br)c1. The molecule has 0 radical (unpaired) electrons. The van der Waals surface area contributed by atoms with Crippen molar-refractivity contribution in [3.05, 3.63) is 58.8 Å². The summed E-state index contributed by atoms with van der Waals surface area (Å²) in [5.74, 6) is 0.640. The molecule has 0 aliphatic rings. The van der Waals surface area contributed by atoms with Crippen LogP contribution in [0.5, 0.6) is 5.75 Å². The molecule has 0 fully saturated rings. The molecule has 0 saturated carbocycles. The normalized spacial score (nSPS) is 13.9. The molecule has 0 amide bonds. The Morgan fingerprint density at radius 3 is 1.53 bits per heavy atom. The van der Waals surface area contributed by atoms with Crippen LogP contribution in [0.2, 0.25) is 0 Å². The van der Waals surface area contributed by atoms with Gasteiger partial charge in [0, 0.05) is 23.3 Å². The highest BCUT2D eigenvalue weighted by atomic mass is 79.9. The van der Waals surface area contributed by atoms with Crippen molar-refractivity contribution >= 4 is 63.7 Å². The van der Waals surface area contributed by atoms with Gasteiger partial charge in [-0.15, -0.1) is 0 Å². The van der Waals surface area contributed by atoms with Crippen molar-refractivity contribution in [2.45, 2.75) is 78.1 Å². The van der Waals surface area contributed by atoms with Crippen LogP contribution in [0, 0.1) is 0 Å². The zero-order chi connectivity index (χ0) is 24.6. The summed E-state index contributed by atoms with van der Waals surface area (Å²) in [6, 6.07) is 8.27. The van der Waals surface area contributed by atoms with Gasteiger partial charge in [0.25, 0.3) is 0 Å². The first-order valence-electron chi connectivity index (χ1n) is 10.4. The molecule has 0 bridgehead atoms. The minimum Gasteiger partial charge on any atom is -0.488 e. The fourth-order valence-electron chi connectivity index (χ4n) is 3.57. The van der Waals surface area contributed by atoms with Gasteiger partial charge in [0.05, 0.1) is 5.60 Å². The van der Waals surface area contributed by atoms with Crippen molar-refractivity contribution in [1.82, 2.24) is 0 Å². The van der Waals surface area contributed by atoms with E-state index in [1.807, 2.05) is 32.9 Å². The summed E-state index contributed by atoms with van der Waals surface area (Å²) in [5, 5.41) is 10.1. The Morgan fingerprint density at radius 1 is 0.750 bits per heavy atom. The monoisotopic (exact) mass is 696 g/mol. The number of aliphatic hydroxyl groups is 1. The van der Waals surface area contributed by atoms with Crippen LogP contribution in [0.25, 0.3) is 0 Å². The van der Waals surface area contributed by atoms with Crippen LogP contribution in [-0.4, -0.2) is 23.6 Å². The van der Waals surface area contributed by atoms with E-state index >= 15 is 0 Å². The first-order chi connectivity index (χ1) is 14.4.